The van der Waals surface area contributed by atoms with E-state index in [0.29, 0.717) is 43.2 Å². The molecule has 0 aliphatic carbocycles. The van der Waals surface area contributed by atoms with Crippen LogP contribution in [0.2, 0.25) is 0 Å². The number of benzene rings is 1. The molecule has 0 spiro atoms. The average molecular weight is 540 g/mol. The molecule has 1 aromatic carbocycles. The minimum Gasteiger partial charge on any atom is -0.378 e. The number of nitrogens with one attached hydrogen (secondary N) is 2. The van der Waals surface area contributed by atoms with Crippen LogP contribution in [0, 0.1) is 5.82 Å². The zero-order valence-corrected chi connectivity index (χ0v) is 23.8. The molecule has 5 rings (SSSR count). The van der Waals surface area contributed by atoms with Gasteiger partial charge in [0.25, 0.3) is 5.56 Å². The number of amides is 1. The van der Waals surface area contributed by atoms with Crippen LogP contribution in [-0.4, -0.2) is 90.8 Å². The van der Waals surface area contributed by atoms with Crippen molar-refractivity contribution >= 4 is 11.6 Å². The van der Waals surface area contributed by atoms with Gasteiger partial charge in [-0.15, -0.1) is 0 Å². The van der Waals surface area contributed by atoms with E-state index in [-0.39, 0.29) is 28.7 Å². The number of aromatic amines is 1. The maximum Gasteiger partial charge on any atom is 0.251 e. The standard InChI is InChI=1S/C30H42FN5O3/c1-19-13-34(25(12-32-19)14-35-20(2)16-39-17-21(35)3)15-27(37)36-18-30(4,5)28-26(36)11-23(29(38)33-28)10-22-6-8-24(31)9-7-22/h6-9,11,19-21,25,32H,10,12-18H2,1-5H3,(H,33,38). The number of H-pyrrole nitrogens is 1. The second-order valence-electron chi connectivity index (χ2n) is 12.4. The van der Waals surface area contributed by atoms with Gasteiger partial charge in [-0.25, -0.2) is 4.39 Å². The third-order valence-corrected chi connectivity index (χ3v) is 8.56. The summed E-state index contributed by atoms with van der Waals surface area (Å²) in [4.78, 5) is 36.7. The number of piperazine rings is 1. The van der Waals surface area contributed by atoms with E-state index in [9.17, 15) is 14.0 Å². The Kier molecular flexibility index (Phi) is 7.97. The first-order chi connectivity index (χ1) is 18.5. The van der Waals surface area contributed by atoms with Crippen molar-refractivity contribution in [3.63, 3.8) is 0 Å². The summed E-state index contributed by atoms with van der Waals surface area (Å²) in [5, 5.41) is 3.61. The SMILES string of the molecule is CC1CN(CC(=O)N2CC(C)(C)c3[nH]c(=O)c(Cc4ccc(F)cc4)cc32)C(CN2C(C)COCC2C)CN1. The van der Waals surface area contributed by atoms with Crippen molar-refractivity contribution in [3.05, 3.63) is 63.3 Å². The number of halogens is 1. The predicted octanol–water partition coefficient (Wildman–Crippen LogP) is 2.50. The van der Waals surface area contributed by atoms with Gasteiger partial charge in [-0.1, -0.05) is 26.0 Å². The molecule has 3 aliphatic heterocycles. The number of carbonyl (C=O) groups excluding carboxylic acids is 1. The van der Waals surface area contributed by atoms with E-state index in [1.54, 1.807) is 12.1 Å². The van der Waals surface area contributed by atoms with Gasteiger partial charge in [0, 0.05) is 73.4 Å². The number of carbonyl (C=O) groups is 1. The van der Waals surface area contributed by atoms with E-state index < -0.39 is 0 Å². The largest absolute Gasteiger partial charge is 0.378 e. The average Bonchev–Trinajstić information content (AvgIpc) is 3.14. The van der Waals surface area contributed by atoms with E-state index in [0.717, 1.165) is 49.8 Å². The Morgan fingerprint density at radius 1 is 1.13 bits per heavy atom. The van der Waals surface area contributed by atoms with Crippen molar-refractivity contribution in [3.8, 4) is 0 Å². The molecule has 8 nitrogen and oxygen atoms in total. The summed E-state index contributed by atoms with van der Waals surface area (Å²) in [6.07, 6.45) is 0.374. The number of pyridine rings is 1. The highest BCUT2D eigenvalue weighted by atomic mass is 19.1. The van der Waals surface area contributed by atoms with Crippen LogP contribution in [0.4, 0.5) is 10.1 Å². The van der Waals surface area contributed by atoms with Crippen molar-refractivity contribution in [1.29, 1.82) is 0 Å². The summed E-state index contributed by atoms with van der Waals surface area (Å²) < 4.78 is 19.1. The Hall–Kier alpha value is -2.59. The molecular weight excluding hydrogens is 497 g/mol. The number of anilines is 1. The Bertz CT molecular complexity index is 1240. The molecule has 9 heteroatoms. The topological polar surface area (TPSA) is 80.9 Å². The first-order valence-electron chi connectivity index (χ1n) is 14.1. The van der Waals surface area contributed by atoms with Crippen LogP contribution < -0.4 is 15.8 Å². The predicted molar refractivity (Wildman–Crippen MR) is 151 cm³/mol. The third kappa shape index (κ3) is 5.96. The van der Waals surface area contributed by atoms with E-state index in [1.807, 2.05) is 11.0 Å². The fourth-order valence-electron chi connectivity index (χ4n) is 6.33. The Balaban J connectivity index is 1.36. The van der Waals surface area contributed by atoms with E-state index in [2.05, 4.69) is 54.7 Å². The fraction of sp³-hybridized carbons (Fsp3) is 0.600. The molecule has 2 fully saturated rings. The Labute approximate surface area is 230 Å². The molecule has 4 heterocycles. The lowest BCUT2D eigenvalue weighted by atomic mass is 9.91. The monoisotopic (exact) mass is 539 g/mol. The van der Waals surface area contributed by atoms with Gasteiger partial charge in [-0.2, -0.15) is 0 Å². The molecular formula is C30H42FN5O3. The van der Waals surface area contributed by atoms with Gasteiger partial charge in [0.2, 0.25) is 5.91 Å². The van der Waals surface area contributed by atoms with Gasteiger partial charge in [0.15, 0.2) is 0 Å². The summed E-state index contributed by atoms with van der Waals surface area (Å²) in [6.45, 7) is 15.5. The van der Waals surface area contributed by atoms with E-state index in [4.69, 9.17) is 4.74 Å². The molecule has 1 aromatic heterocycles. The summed E-state index contributed by atoms with van der Waals surface area (Å²) in [5.74, 6) is -0.262. The van der Waals surface area contributed by atoms with Crippen LogP contribution in [0.15, 0.2) is 35.1 Å². The lowest BCUT2D eigenvalue weighted by Crippen LogP contribution is -2.63. The minimum absolute atomic E-state index is 0.0452. The molecule has 0 saturated carbocycles. The maximum atomic E-state index is 13.9. The minimum atomic E-state index is -0.368. The second kappa shape index (κ2) is 11.1. The zero-order chi connectivity index (χ0) is 27.9. The highest BCUT2D eigenvalue weighted by molar-refractivity contribution is 5.97. The van der Waals surface area contributed by atoms with E-state index in [1.165, 1.54) is 12.1 Å². The number of aromatic nitrogens is 1. The normalized spacial score (nSPS) is 27.5. The summed E-state index contributed by atoms with van der Waals surface area (Å²) in [7, 11) is 0. The zero-order valence-electron chi connectivity index (χ0n) is 23.8. The van der Waals surface area contributed by atoms with Gasteiger partial charge < -0.3 is 19.9 Å². The molecule has 0 bridgehead atoms. The summed E-state index contributed by atoms with van der Waals surface area (Å²) in [5.41, 5.74) is 2.46. The maximum absolute atomic E-state index is 13.9. The molecule has 1 amide bonds. The molecule has 212 valence electrons. The summed E-state index contributed by atoms with van der Waals surface area (Å²) >= 11 is 0. The van der Waals surface area contributed by atoms with Gasteiger partial charge in [-0.05, 0) is 44.5 Å². The van der Waals surface area contributed by atoms with Crippen molar-refractivity contribution < 1.29 is 13.9 Å². The van der Waals surface area contributed by atoms with Crippen molar-refractivity contribution in [1.82, 2.24) is 20.1 Å². The van der Waals surface area contributed by atoms with Crippen LogP contribution in [-0.2, 0) is 21.4 Å². The highest BCUT2D eigenvalue weighted by Gasteiger charge is 2.41. The number of hydrogen-bond acceptors (Lipinski definition) is 6. The van der Waals surface area contributed by atoms with Crippen LogP contribution in [0.1, 0.15) is 51.4 Å². The molecule has 4 atom stereocenters. The number of fused-ring (bicyclic) bond motifs is 1. The molecule has 3 aliphatic rings. The van der Waals surface area contributed by atoms with Crippen LogP contribution in [0.5, 0.6) is 0 Å². The Morgan fingerprint density at radius 3 is 2.51 bits per heavy atom. The van der Waals surface area contributed by atoms with Crippen molar-refractivity contribution in [2.45, 2.75) is 70.6 Å². The van der Waals surface area contributed by atoms with Crippen molar-refractivity contribution in [2.24, 2.45) is 0 Å². The third-order valence-electron chi connectivity index (χ3n) is 8.56. The molecule has 2 saturated heterocycles. The number of morpholine rings is 1. The molecule has 0 radical (unpaired) electrons. The highest BCUT2D eigenvalue weighted by Crippen LogP contribution is 2.39. The van der Waals surface area contributed by atoms with Gasteiger partial charge >= 0.3 is 0 Å². The number of ether oxygens (including phenoxy) is 1. The first kappa shape index (κ1) is 28.0. The van der Waals surface area contributed by atoms with Gasteiger partial charge in [0.05, 0.1) is 25.4 Å². The molecule has 2 N–H and O–H groups in total. The first-order valence-corrected chi connectivity index (χ1v) is 14.1. The van der Waals surface area contributed by atoms with Gasteiger partial charge in [0.1, 0.15) is 5.82 Å². The Morgan fingerprint density at radius 2 is 1.82 bits per heavy atom. The summed E-state index contributed by atoms with van der Waals surface area (Å²) in [6, 6.07) is 9.24. The van der Waals surface area contributed by atoms with E-state index >= 15 is 0 Å². The van der Waals surface area contributed by atoms with Crippen LogP contribution in [0.3, 0.4) is 0 Å². The molecule has 2 aromatic rings. The lowest BCUT2D eigenvalue weighted by Gasteiger charge is -2.46. The van der Waals surface area contributed by atoms with Crippen molar-refractivity contribution in [2.75, 3.05) is 50.8 Å². The number of nitrogens with zero attached hydrogens (tertiary/aromatic N) is 3. The quantitative estimate of drug-likeness (QED) is 0.587. The van der Waals surface area contributed by atoms with Gasteiger partial charge in [-0.3, -0.25) is 19.4 Å². The lowest BCUT2D eigenvalue weighted by molar-refractivity contribution is -0.121. The van der Waals surface area contributed by atoms with Crippen LogP contribution >= 0.6 is 0 Å². The number of hydrogen-bond donors (Lipinski definition) is 2. The smallest absolute Gasteiger partial charge is 0.251 e. The molecule has 4 unspecified atom stereocenters. The molecule has 39 heavy (non-hydrogen) atoms. The second-order valence-corrected chi connectivity index (χ2v) is 12.4. The number of rotatable bonds is 6. The fourth-order valence-corrected chi connectivity index (χ4v) is 6.33. The van der Waals surface area contributed by atoms with Crippen LogP contribution in [0.25, 0.3) is 0 Å².